The number of carbonyl (C=O) groups excluding carboxylic acids is 1. The van der Waals surface area contributed by atoms with Gasteiger partial charge in [-0.15, -0.1) is 0 Å². The molecule has 0 fully saturated rings. The van der Waals surface area contributed by atoms with Crippen molar-refractivity contribution in [3.05, 3.63) is 95.9 Å². The largest absolute Gasteiger partial charge is 0.384 e. The van der Waals surface area contributed by atoms with E-state index >= 15 is 0 Å². The molecule has 4 rings (SSSR count). The normalized spacial score (nSPS) is 11.2. The third-order valence-corrected chi connectivity index (χ3v) is 6.10. The van der Waals surface area contributed by atoms with Gasteiger partial charge in [-0.3, -0.25) is 10.2 Å². The third-order valence-electron chi connectivity index (χ3n) is 5.13. The average Bonchev–Trinajstić information content (AvgIpc) is 3.21. The molecule has 6 N–H and O–H groups in total. The van der Waals surface area contributed by atoms with E-state index in [9.17, 15) is 13.2 Å². The van der Waals surface area contributed by atoms with Crippen molar-refractivity contribution in [2.75, 3.05) is 5.32 Å². The number of nitrogens with one attached hydrogen (secondary N) is 2. The Bertz CT molecular complexity index is 1510. The van der Waals surface area contributed by atoms with Gasteiger partial charge < -0.3 is 15.6 Å². The maximum Gasteiger partial charge on any atom is 0.273 e. The number of carbonyl (C=O) groups is 1. The Labute approximate surface area is 196 Å². The Morgan fingerprint density at radius 1 is 1.06 bits per heavy atom. The molecule has 172 valence electrons. The number of nitrogens with two attached hydrogens (primary N) is 2. The zero-order valence-corrected chi connectivity index (χ0v) is 19.0. The topological polar surface area (TPSA) is 157 Å². The number of rotatable bonds is 6. The number of sulfonamides is 1. The summed E-state index contributed by atoms with van der Waals surface area (Å²) in [5.41, 5.74) is 9.06. The van der Waals surface area contributed by atoms with Gasteiger partial charge in [0.2, 0.25) is 10.0 Å². The highest BCUT2D eigenvalue weighted by Gasteiger charge is 2.17. The fourth-order valence-corrected chi connectivity index (χ4v) is 4.33. The van der Waals surface area contributed by atoms with Crippen molar-refractivity contribution >= 4 is 27.6 Å². The number of hydrogen-bond donors (Lipinski definition) is 4. The SMILES string of the molecule is Cc1cc(C(=O)Nc2ccc(-c3ccccc3S(N)(=O)=O)cn2)n(-c2cccc(C(=N)N)c2)c1. The van der Waals surface area contributed by atoms with E-state index in [1.54, 1.807) is 59.2 Å². The summed E-state index contributed by atoms with van der Waals surface area (Å²) in [6, 6.07) is 18.4. The minimum Gasteiger partial charge on any atom is -0.384 e. The van der Waals surface area contributed by atoms with Crippen LogP contribution in [0, 0.1) is 12.3 Å². The van der Waals surface area contributed by atoms with Crippen LogP contribution in [-0.2, 0) is 10.0 Å². The second-order valence-corrected chi connectivity index (χ2v) is 9.19. The molecule has 0 spiro atoms. The van der Waals surface area contributed by atoms with Gasteiger partial charge in [-0.2, -0.15) is 0 Å². The quantitative estimate of drug-likeness (QED) is 0.249. The van der Waals surface area contributed by atoms with Gasteiger partial charge >= 0.3 is 0 Å². The molecule has 0 saturated heterocycles. The summed E-state index contributed by atoms with van der Waals surface area (Å²) in [5, 5.41) is 15.7. The minimum atomic E-state index is -3.91. The molecule has 0 aliphatic heterocycles. The Morgan fingerprint density at radius 2 is 1.82 bits per heavy atom. The number of amides is 1. The van der Waals surface area contributed by atoms with Crippen molar-refractivity contribution in [3.63, 3.8) is 0 Å². The van der Waals surface area contributed by atoms with Gasteiger partial charge in [0.15, 0.2) is 0 Å². The van der Waals surface area contributed by atoms with E-state index in [0.29, 0.717) is 33.9 Å². The lowest BCUT2D eigenvalue weighted by Gasteiger charge is -2.11. The maximum atomic E-state index is 13.0. The molecule has 0 atom stereocenters. The van der Waals surface area contributed by atoms with Gasteiger partial charge in [-0.25, -0.2) is 18.5 Å². The molecule has 2 aromatic heterocycles. The van der Waals surface area contributed by atoms with Crippen LogP contribution in [0.4, 0.5) is 5.82 Å². The summed E-state index contributed by atoms with van der Waals surface area (Å²) in [6.07, 6.45) is 3.29. The van der Waals surface area contributed by atoms with Crippen LogP contribution in [0.3, 0.4) is 0 Å². The predicted octanol–water partition coefficient (Wildman–Crippen LogP) is 3.03. The molecule has 1 amide bonds. The smallest absolute Gasteiger partial charge is 0.273 e. The molecule has 0 radical (unpaired) electrons. The van der Waals surface area contributed by atoms with E-state index in [1.165, 1.54) is 12.3 Å². The number of benzene rings is 2. The number of primary sulfonamides is 1. The first-order chi connectivity index (χ1) is 16.1. The average molecular weight is 475 g/mol. The highest BCUT2D eigenvalue weighted by atomic mass is 32.2. The first-order valence-corrected chi connectivity index (χ1v) is 11.7. The van der Waals surface area contributed by atoms with Crippen molar-refractivity contribution in [2.45, 2.75) is 11.8 Å². The van der Waals surface area contributed by atoms with Crippen LogP contribution in [0.15, 0.2) is 84.0 Å². The Morgan fingerprint density at radius 3 is 2.50 bits per heavy atom. The number of pyridine rings is 1. The number of aryl methyl sites for hydroxylation is 1. The molecule has 0 unspecified atom stereocenters. The van der Waals surface area contributed by atoms with E-state index in [0.717, 1.165) is 5.56 Å². The van der Waals surface area contributed by atoms with Crippen LogP contribution in [-0.4, -0.2) is 29.7 Å². The van der Waals surface area contributed by atoms with E-state index in [1.807, 2.05) is 19.2 Å². The number of hydrogen-bond acceptors (Lipinski definition) is 5. The molecular weight excluding hydrogens is 452 g/mol. The van der Waals surface area contributed by atoms with E-state index in [4.69, 9.17) is 16.3 Å². The number of nitrogen functional groups attached to an aromatic ring is 1. The van der Waals surface area contributed by atoms with Gasteiger partial charge in [-0.1, -0.05) is 30.3 Å². The lowest BCUT2D eigenvalue weighted by molar-refractivity contribution is 0.102. The fourth-order valence-electron chi connectivity index (χ4n) is 3.57. The van der Waals surface area contributed by atoms with Gasteiger partial charge in [0.25, 0.3) is 5.91 Å². The summed E-state index contributed by atoms with van der Waals surface area (Å²) in [6.45, 7) is 1.87. The highest BCUT2D eigenvalue weighted by molar-refractivity contribution is 7.89. The molecule has 0 bridgehead atoms. The zero-order valence-electron chi connectivity index (χ0n) is 18.2. The first kappa shape index (κ1) is 22.9. The maximum absolute atomic E-state index is 13.0. The lowest BCUT2D eigenvalue weighted by atomic mass is 10.1. The van der Waals surface area contributed by atoms with Crippen LogP contribution in [0.25, 0.3) is 16.8 Å². The molecule has 10 heteroatoms. The fraction of sp³-hybridized carbons (Fsp3) is 0.0417. The first-order valence-electron chi connectivity index (χ1n) is 10.2. The molecule has 9 nitrogen and oxygen atoms in total. The van der Waals surface area contributed by atoms with Crippen LogP contribution in [0.5, 0.6) is 0 Å². The van der Waals surface area contributed by atoms with E-state index in [-0.39, 0.29) is 16.6 Å². The molecule has 2 aromatic carbocycles. The molecule has 34 heavy (non-hydrogen) atoms. The monoisotopic (exact) mass is 474 g/mol. The molecule has 4 aromatic rings. The lowest BCUT2D eigenvalue weighted by Crippen LogP contribution is -2.17. The summed E-state index contributed by atoms with van der Waals surface area (Å²) < 4.78 is 25.5. The summed E-state index contributed by atoms with van der Waals surface area (Å²) in [5.74, 6) is -0.152. The van der Waals surface area contributed by atoms with Crippen LogP contribution in [0.1, 0.15) is 21.6 Å². The molecule has 0 aliphatic rings. The Hall–Kier alpha value is -4.28. The third kappa shape index (κ3) is 4.72. The summed E-state index contributed by atoms with van der Waals surface area (Å²) >= 11 is 0. The predicted molar refractivity (Wildman–Crippen MR) is 131 cm³/mol. The van der Waals surface area contributed by atoms with Crippen LogP contribution in [0.2, 0.25) is 0 Å². The molecule has 0 saturated carbocycles. The second-order valence-electron chi connectivity index (χ2n) is 7.66. The highest BCUT2D eigenvalue weighted by Crippen LogP contribution is 2.27. The van der Waals surface area contributed by atoms with Crippen LogP contribution >= 0.6 is 0 Å². The van der Waals surface area contributed by atoms with Gasteiger partial charge in [0.1, 0.15) is 17.3 Å². The summed E-state index contributed by atoms with van der Waals surface area (Å²) in [7, 11) is -3.91. The van der Waals surface area contributed by atoms with Crippen molar-refractivity contribution in [2.24, 2.45) is 10.9 Å². The van der Waals surface area contributed by atoms with Crippen molar-refractivity contribution in [3.8, 4) is 16.8 Å². The van der Waals surface area contributed by atoms with Crippen LogP contribution < -0.4 is 16.2 Å². The van der Waals surface area contributed by atoms with E-state index < -0.39 is 10.0 Å². The number of amidine groups is 1. The van der Waals surface area contributed by atoms with Gasteiger partial charge in [0.05, 0.1) is 4.90 Å². The number of anilines is 1. The van der Waals surface area contributed by atoms with E-state index in [2.05, 4.69) is 10.3 Å². The van der Waals surface area contributed by atoms with Gasteiger partial charge in [0, 0.05) is 34.8 Å². The summed E-state index contributed by atoms with van der Waals surface area (Å²) in [4.78, 5) is 17.3. The molecule has 2 heterocycles. The zero-order chi connectivity index (χ0) is 24.5. The van der Waals surface area contributed by atoms with Crippen molar-refractivity contribution in [1.29, 1.82) is 5.41 Å². The molecule has 0 aliphatic carbocycles. The van der Waals surface area contributed by atoms with Gasteiger partial charge in [-0.05, 0) is 48.9 Å². The second kappa shape index (κ2) is 8.93. The number of nitrogens with zero attached hydrogens (tertiary/aromatic N) is 2. The standard InChI is InChI=1S/C24H22N6O3S/c1-15-11-20(30(14-15)18-6-4-5-16(12-18)23(25)26)24(31)29-22-10-9-17(13-28-22)19-7-2-3-8-21(19)34(27,32)33/h2-14H,1H3,(H3,25,26)(H2,27,32,33)(H,28,29,31). The Balaban J connectivity index is 1.61. The number of aromatic nitrogens is 2. The van der Waals surface area contributed by atoms with Crippen molar-refractivity contribution in [1.82, 2.24) is 9.55 Å². The van der Waals surface area contributed by atoms with Crippen molar-refractivity contribution < 1.29 is 13.2 Å². The molecular formula is C24H22N6O3S. The minimum absolute atomic E-state index is 0.00493. The Kier molecular flexibility index (Phi) is 6.01.